The number of alkyl carbamates (subject to hydrolysis) is 1. The quantitative estimate of drug-likeness (QED) is 0.352. The standard InChI is InChI=1S/C23H25N2O7P/c26-22(27)12-11-21(24-23(28)31-16-17-7-3-1-4-8-17)33(29,30)14-13-19-15-20(25-32-19)18-9-5-2-6-10-18/h1-10,15,21H,11-14,16H2,(H,24,28)(H,26,27)(H,29,30). The lowest BCUT2D eigenvalue weighted by molar-refractivity contribution is -0.137. The molecule has 3 rings (SSSR count). The van der Waals surface area contributed by atoms with E-state index in [1.165, 1.54) is 0 Å². The Bertz CT molecular complexity index is 1100. The molecule has 0 fully saturated rings. The van der Waals surface area contributed by atoms with Gasteiger partial charge in [0.25, 0.3) is 0 Å². The number of hydrogen-bond donors (Lipinski definition) is 3. The number of benzene rings is 2. The Kier molecular flexibility index (Phi) is 8.40. The summed E-state index contributed by atoms with van der Waals surface area (Å²) in [4.78, 5) is 33.9. The minimum atomic E-state index is -4.00. The summed E-state index contributed by atoms with van der Waals surface area (Å²) in [5, 5.41) is 15.3. The Labute approximate surface area is 190 Å². The van der Waals surface area contributed by atoms with Crippen LogP contribution in [0.15, 0.2) is 71.3 Å². The molecule has 3 aromatic rings. The summed E-state index contributed by atoms with van der Waals surface area (Å²) in [6.45, 7) is -0.0195. The number of rotatable bonds is 11. The van der Waals surface area contributed by atoms with Gasteiger partial charge in [-0.15, -0.1) is 0 Å². The van der Waals surface area contributed by atoms with E-state index in [0.717, 1.165) is 11.1 Å². The van der Waals surface area contributed by atoms with Crippen LogP contribution >= 0.6 is 7.37 Å². The van der Waals surface area contributed by atoms with Crippen molar-refractivity contribution >= 4 is 19.4 Å². The molecule has 2 atom stereocenters. The summed E-state index contributed by atoms with van der Waals surface area (Å²) >= 11 is 0. The van der Waals surface area contributed by atoms with Crippen LogP contribution in [0.2, 0.25) is 0 Å². The average Bonchev–Trinajstić information content (AvgIpc) is 3.29. The van der Waals surface area contributed by atoms with E-state index in [1.54, 1.807) is 30.3 Å². The van der Waals surface area contributed by atoms with Crippen LogP contribution in [0.1, 0.15) is 24.2 Å². The van der Waals surface area contributed by atoms with Crippen LogP contribution in [0.5, 0.6) is 0 Å². The van der Waals surface area contributed by atoms with Crippen molar-refractivity contribution in [2.75, 3.05) is 6.16 Å². The molecular formula is C23H25N2O7P. The number of carboxylic acid groups (broad SMARTS) is 1. The van der Waals surface area contributed by atoms with E-state index in [1.807, 2.05) is 36.4 Å². The molecule has 0 saturated carbocycles. The molecule has 174 valence electrons. The van der Waals surface area contributed by atoms with Crippen LogP contribution in [0.4, 0.5) is 4.79 Å². The number of nitrogens with one attached hydrogen (secondary N) is 1. The zero-order chi connectivity index (χ0) is 23.7. The molecule has 0 radical (unpaired) electrons. The predicted molar refractivity (Wildman–Crippen MR) is 121 cm³/mol. The Morgan fingerprint density at radius 1 is 1.09 bits per heavy atom. The fourth-order valence-electron chi connectivity index (χ4n) is 3.14. The molecule has 0 aliphatic carbocycles. The molecule has 10 heteroatoms. The summed E-state index contributed by atoms with van der Waals surface area (Å²) in [6.07, 6.45) is -1.61. The lowest BCUT2D eigenvalue weighted by Crippen LogP contribution is -2.36. The summed E-state index contributed by atoms with van der Waals surface area (Å²) in [5.41, 5.74) is 2.20. The summed E-state index contributed by atoms with van der Waals surface area (Å²) in [5.74, 6) is -2.00. The third-order valence-electron chi connectivity index (χ3n) is 4.92. The Morgan fingerprint density at radius 2 is 1.76 bits per heavy atom. The number of nitrogens with zero attached hydrogens (tertiary/aromatic N) is 1. The van der Waals surface area contributed by atoms with E-state index in [-0.39, 0.29) is 32.0 Å². The Balaban J connectivity index is 1.61. The molecule has 2 unspecified atom stereocenters. The van der Waals surface area contributed by atoms with Crippen molar-refractivity contribution in [1.29, 1.82) is 0 Å². The largest absolute Gasteiger partial charge is 0.481 e. The number of amides is 1. The zero-order valence-electron chi connectivity index (χ0n) is 17.8. The fraction of sp³-hybridized carbons (Fsp3) is 0.261. The fourth-order valence-corrected chi connectivity index (χ4v) is 4.83. The maximum atomic E-state index is 13.0. The molecule has 0 bridgehead atoms. The van der Waals surface area contributed by atoms with Crippen LogP contribution in [0.3, 0.4) is 0 Å². The van der Waals surface area contributed by atoms with Gasteiger partial charge in [0.15, 0.2) is 0 Å². The van der Waals surface area contributed by atoms with Crippen molar-refractivity contribution in [3.05, 3.63) is 78.1 Å². The zero-order valence-corrected chi connectivity index (χ0v) is 18.7. The van der Waals surface area contributed by atoms with Crippen LogP contribution in [0.25, 0.3) is 11.3 Å². The number of aryl methyl sites for hydroxylation is 1. The highest BCUT2D eigenvalue weighted by atomic mass is 31.2. The Hall–Kier alpha value is -3.42. The Morgan fingerprint density at radius 3 is 2.42 bits per heavy atom. The van der Waals surface area contributed by atoms with E-state index in [4.69, 9.17) is 14.4 Å². The van der Waals surface area contributed by atoms with E-state index in [0.29, 0.717) is 11.5 Å². The first-order valence-electron chi connectivity index (χ1n) is 10.3. The highest BCUT2D eigenvalue weighted by Gasteiger charge is 2.33. The number of carboxylic acids is 1. The number of carbonyl (C=O) groups excluding carboxylic acids is 1. The molecule has 9 nitrogen and oxygen atoms in total. The third-order valence-corrected chi connectivity index (χ3v) is 7.15. The molecule has 1 heterocycles. The molecule has 0 saturated heterocycles. The number of ether oxygens (including phenoxy) is 1. The van der Waals surface area contributed by atoms with Gasteiger partial charge in [0.05, 0.1) is 0 Å². The normalized spacial score (nSPS) is 13.6. The van der Waals surface area contributed by atoms with Gasteiger partial charge >= 0.3 is 12.1 Å². The monoisotopic (exact) mass is 472 g/mol. The second-order valence-electron chi connectivity index (χ2n) is 7.43. The van der Waals surface area contributed by atoms with E-state index >= 15 is 0 Å². The van der Waals surface area contributed by atoms with E-state index < -0.39 is 25.2 Å². The highest BCUT2D eigenvalue weighted by Crippen LogP contribution is 2.47. The van der Waals surface area contributed by atoms with Gasteiger partial charge in [0.2, 0.25) is 7.37 Å². The van der Waals surface area contributed by atoms with Crippen molar-refractivity contribution in [3.8, 4) is 11.3 Å². The van der Waals surface area contributed by atoms with Gasteiger partial charge in [-0.25, -0.2) is 4.79 Å². The van der Waals surface area contributed by atoms with Crippen LogP contribution in [-0.2, 0) is 27.1 Å². The third kappa shape index (κ3) is 7.59. The minimum absolute atomic E-state index is 0.0195. The van der Waals surface area contributed by atoms with Gasteiger partial charge in [-0.05, 0) is 12.0 Å². The van der Waals surface area contributed by atoms with Crippen molar-refractivity contribution in [2.45, 2.75) is 31.7 Å². The molecular weight excluding hydrogens is 447 g/mol. The molecule has 0 spiro atoms. The van der Waals surface area contributed by atoms with Crippen LogP contribution in [-0.4, -0.2) is 39.2 Å². The molecule has 0 aliphatic heterocycles. The summed E-state index contributed by atoms with van der Waals surface area (Å²) in [6, 6.07) is 20.0. The second-order valence-corrected chi connectivity index (χ2v) is 10.0. The van der Waals surface area contributed by atoms with E-state index in [9.17, 15) is 19.0 Å². The molecule has 33 heavy (non-hydrogen) atoms. The van der Waals surface area contributed by atoms with Gasteiger partial charge in [-0.2, -0.15) is 0 Å². The molecule has 1 aromatic heterocycles. The lowest BCUT2D eigenvalue weighted by Gasteiger charge is -2.23. The average molecular weight is 472 g/mol. The van der Waals surface area contributed by atoms with Crippen LogP contribution in [0, 0.1) is 0 Å². The first-order valence-corrected chi connectivity index (χ1v) is 12.3. The van der Waals surface area contributed by atoms with Crippen molar-refractivity contribution in [2.24, 2.45) is 0 Å². The van der Waals surface area contributed by atoms with Crippen molar-refractivity contribution in [3.63, 3.8) is 0 Å². The lowest BCUT2D eigenvalue weighted by atomic mass is 10.1. The second kappa shape index (κ2) is 11.4. The maximum Gasteiger partial charge on any atom is 0.408 e. The highest BCUT2D eigenvalue weighted by molar-refractivity contribution is 7.58. The van der Waals surface area contributed by atoms with Gasteiger partial charge in [0, 0.05) is 30.6 Å². The number of hydrogen-bond acceptors (Lipinski definition) is 6. The first-order chi connectivity index (χ1) is 15.8. The maximum absolute atomic E-state index is 13.0. The summed E-state index contributed by atoms with van der Waals surface area (Å²) < 4.78 is 23.4. The molecule has 0 aliphatic rings. The molecule has 3 N–H and O–H groups in total. The van der Waals surface area contributed by atoms with Crippen molar-refractivity contribution < 1.29 is 33.4 Å². The van der Waals surface area contributed by atoms with Crippen LogP contribution < -0.4 is 5.32 Å². The van der Waals surface area contributed by atoms with E-state index in [2.05, 4.69) is 10.5 Å². The number of carbonyl (C=O) groups is 2. The van der Waals surface area contributed by atoms with Gasteiger partial charge in [-0.1, -0.05) is 65.8 Å². The van der Waals surface area contributed by atoms with Gasteiger partial charge < -0.3 is 24.6 Å². The first kappa shape index (κ1) is 24.2. The summed E-state index contributed by atoms with van der Waals surface area (Å²) in [7, 11) is -4.00. The number of aliphatic carboxylic acids is 1. The topological polar surface area (TPSA) is 139 Å². The SMILES string of the molecule is O=C(O)CCC(NC(=O)OCc1ccccc1)P(=O)(O)CCc1cc(-c2ccccc2)no1. The minimum Gasteiger partial charge on any atom is -0.481 e. The van der Waals surface area contributed by atoms with Crippen molar-refractivity contribution in [1.82, 2.24) is 10.5 Å². The molecule has 2 aromatic carbocycles. The smallest absolute Gasteiger partial charge is 0.408 e. The molecule has 1 amide bonds. The number of aromatic nitrogens is 1. The predicted octanol–water partition coefficient (Wildman–Crippen LogP) is 4.27. The van der Waals surface area contributed by atoms with Gasteiger partial charge in [-0.3, -0.25) is 9.36 Å². The van der Waals surface area contributed by atoms with Gasteiger partial charge in [0.1, 0.15) is 23.8 Å².